The molecular formula is C44H44N7O13+. The van der Waals surface area contributed by atoms with Crippen LogP contribution in [0.4, 0.5) is 11.5 Å². The molecule has 1 saturated heterocycles. The van der Waals surface area contributed by atoms with Gasteiger partial charge in [-0.25, -0.2) is 14.9 Å². The Bertz CT molecular complexity index is 2600. The van der Waals surface area contributed by atoms with Crippen molar-refractivity contribution < 1.29 is 68.6 Å². The van der Waals surface area contributed by atoms with Crippen LogP contribution in [0.15, 0.2) is 76.8 Å². The van der Waals surface area contributed by atoms with E-state index in [-0.39, 0.29) is 95.2 Å². The van der Waals surface area contributed by atoms with Gasteiger partial charge in [0.15, 0.2) is 29.7 Å². The molecule has 7 unspecified atom stereocenters. The van der Waals surface area contributed by atoms with Gasteiger partial charge >= 0.3 is 0 Å². The molecular weight excluding hydrogens is 835 g/mol. The number of amides is 1. The number of aromatic nitrogens is 1. The highest BCUT2D eigenvalue weighted by molar-refractivity contribution is 6.68. The number of guanidine groups is 1. The average Bonchev–Trinajstić information content (AvgIpc) is 3.71. The maximum atomic E-state index is 14.7. The number of hydrogen-bond acceptors (Lipinski definition) is 17. The lowest BCUT2D eigenvalue weighted by Gasteiger charge is -2.42. The van der Waals surface area contributed by atoms with Gasteiger partial charge in [-0.05, 0) is 53.9 Å². The Kier molecular flexibility index (Phi) is 12.8. The highest BCUT2D eigenvalue weighted by atomic mass is 16.7. The van der Waals surface area contributed by atoms with Crippen molar-refractivity contribution in [3.8, 4) is 11.5 Å². The molecule has 332 valence electrons. The molecule has 3 aromatic carbocycles. The van der Waals surface area contributed by atoms with Gasteiger partial charge in [0.25, 0.3) is 11.7 Å². The van der Waals surface area contributed by atoms with Gasteiger partial charge in [0.2, 0.25) is 18.0 Å². The molecule has 4 heterocycles. The van der Waals surface area contributed by atoms with Crippen LogP contribution in [0.5, 0.6) is 11.5 Å². The molecule has 1 aromatic heterocycles. The number of carbonyl (C=O) groups is 4. The van der Waals surface area contributed by atoms with E-state index in [0.29, 0.717) is 28.0 Å². The first kappa shape index (κ1) is 44.0. The van der Waals surface area contributed by atoms with Gasteiger partial charge in [0, 0.05) is 46.9 Å². The number of aliphatic imine (C=N–C) groups is 2. The van der Waals surface area contributed by atoms with Gasteiger partial charge in [-0.1, -0.05) is 24.3 Å². The van der Waals surface area contributed by atoms with Crippen molar-refractivity contribution in [2.24, 2.45) is 9.98 Å². The zero-order chi connectivity index (χ0) is 45.2. The number of nitrogens with one attached hydrogen (secondary N) is 3. The maximum Gasteiger partial charge on any atom is 0.284 e. The number of nitrogens with two attached hydrogens (primary N) is 1. The summed E-state index contributed by atoms with van der Waals surface area (Å²) in [6.45, 7) is -1.78. The number of para-hydroxylation sites is 1. The number of quaternary nitrogens is 1. The topological polar surface area (TPSA) is 310 Å². The molecule has 20 heteroatoms. The highest BCUT2D eigenvalue weighted by Gasteiger charge is 2.48. The number of aliphatic hydroxyl groups is 5. The number of fused-ring (bicyclic) bond motifs is 3. The number of amidine groups is 1. The van der Waals surface area contributed by atoms with Crippen molar-refractivity contribution in [3.05, 3.63) is 111 Å². The van der Waals surface area contributed by atoms with E-state index < -0.39 is 74.1 Å². The van der Waals surface area contributed by atoms with Crippen LogP contribution in [0.2, 0.25) is 0 Å². The molecule has 4 aromatic rings. The van der Waals surface area contributed by atoms with Gasteiger partial charge in [-0.2, -0.15) is 4.99 Å². The number of hydrogen-bond donors (Lipinski definition) is 9. The van der Waals surface area contributed by atoms with Crippen molar-refractivity contribution in [1.29, 1.82) is 5.41 Å². The smallest absolute Gasteiger partial charge is 0.284 e. The minimum atomic E-state index is -1.70. The lowest BCUT2D eigenvalue weighted by atomic mass is 9.81. The molecule has 20 nitrogen and oxygen atoms in total. The summed E-state index contributed by atoms with van der Waals surface area (Å²) in [5, 5.41) is 63.9. The van der Waals surface area contributed by atoms with Gasteiger partial charge in [-0.15, -0.1) is 0 Å². The van der Waals surface area contributed by atoms with Crippen molar-refractivity contribution in [2.45, 2.75) is 62.7 Å². The SMILES string of the molecule is N=C1N=C2C(=NC[NH+]2c2ccccc2Cc2cc3c(c(OCC(O)CC=O)c2OC2OC(CO)C(O)C(O)C2OCCc2ccnc(N)c2)C(=O)c2cc(CO)ccc2C3=O)C(=O)N1. The van der Waals surface area contributed by atoms with Crippen LogP contribution in [0.1, 0.15) is 60.5 Å². The Labute approximate surface area is 364 Å². The quantitative estimate of drug-likeness (QED) is 0.0520. The van der Waals surface area contributed by atoms with E-state index in [9.17, 15) is 44.7 Å². The van der Waals surface area contributed by atoms with Crippen LogP contribution in [0, 0.1) is 5.41 Å². The normalized spacial score (nSPS) is 23.0. The number of carbonyl (C=O) groups excluding carboxylic acids is 4. The van der Waals surface area contributed by atoms with Gasteiger partial charge in [0.1, 0.15) is 48.8 Å². The van der Waals surface area contributed by atoms with Gasteiger partial charge < -0.3 is 55.0 Å². The third-order valence-electron chi connectivity index (χ3n) is 11.2. The largest absolute Gasteiger partial charge is 0.486 e. The Morgan fingerprint density at radius 3 is 2.55 bits per heavy atom. The molecule has 3 aliphatic heterocycles. The highest BCUT2D eigenvalue weighted by Crippen LogP contribution is 2.45. The number of rotatable bonds is 16. The van der Waals surface area contributed by atoms with Crippen molar-refractivity contribution in [3.63, 3.8) is 0 Å². The first-order valence-corrected chi connectivity index (χ1v) is 20.3. The molecule has 1 amide bonds. The third-order valence-corrected chi connectivity index (χ3v) is 11.2. The molecule has 1 aliphatic carbocycles. The van der Waals surface area contributed by atoms with Crippen LogP contribution in [-0.2, 0) is 38.5 Å². The number of benzene rings is 3. The number of nitrogens with zero attached hydrogens (tertiary/aromatic N) is 3. The van der Waals surface area contributed by atoms with E-state index in [0.717, 1.165) is 5.56 Å². The molecule has 0 radical (unpaired) electrons. The molecule has 10 N–H and O–H groups in total. The summed E-state index contributed by atoms with van der Waals surface area (Å²) in [7, 11) is 0. The minimum absolute atomic E-state index is 0.0474. The number of ketones is 2. The van der Waals surface area contributed by atoms with E-state index in [1.807, 2.05) is 0 Å². The van der Waals surface area contributed by atoms with E-state index in [1.165, 1.54) is 30.5 Å². The number of anilines is 1. The zero-order valence-corrected chi connectivity index (χ0v) is 34.0. The van der Waals surface area contributed by atoms with Crippen LogP contribution in [0.25, 0.3) is 0 Å². The second-order valence-corrected chi connectivity index (χ2v) is 15.4. The Morgan fingerprint density at radius 2 is 1.78 bits per heavy atom. The second-order valence-electron chi connectivity index (χ2n) is 15.4. The Hall–Kier alpha value is -6.62. The summed E-state index contributed by atoms with van der Waals surface area (Å²) in [6, 6.07) is 16.2. The Morgan fingerprint density at radius 1 is 0.969 bits per heavy atom. The summed E-state index contributed by atoms with van der Waals surface area (Å²) in [5.41, 5.74) is 7.98. The minimum Gasteiger partial charge on any atom is -0.486 e. The van der Waals surface area contributed by atoms with E-state index in [1.54, 1.807) is 36.4 Å². The van der Waals surface area contributed by atoms with Crippen molar-refractivity contribution >= 4 is 52.8 Å². The fraction of sp³-hybridized carbons (Fsp3) is 0.318. The number of aliphatic hydroxyl groups excluding tert-OH is 5. The van der Waals surface area contributed by atoms with Crippen molar-refractivity contribution in [1.82, 2.24) is 10.3 Å². The van der Waals surface area contributed by atoms with E-state index in [4.69, 9.17) is 30.1 Å². The predicted molar refractivity (Wildman–Crippen MR) is 224 cm³/mol. The van der Waals surface area contributed by atoms with Crippen molar-refractivity contribution in [2.75, 3.05) is 32.2 Å². The van der Waals surface area contributed by atoms with Crippen LogP contribution in [0.3, 0.4) is 0 Å². The van der Waals surface area contributed by atoms with Crippen LogP contribution >= 0.6 is 0 Å². The van der Waals surface area contributed by atoms with Crippen LogP contribution in [-0.4, -0.2) is 135 Å². The average molecular weight is 879 g/mol. The first-order chi connectivity index (χ1) is 30.9. The summed E-state index contributed by atoms with van der Waals surface area (Å²) in [5.74, 6) is -2.30. The maximum absolute atomic E-state index is 14.7. The predicted octanol–water partition coefficient (Wildman–Crippen LogP) is -1.31. The number of ether oxygens (including phenoxy) is 4. The molecule has 0 spiro atoms. The first-order valence-electron chi connectivity index (χ1n) is 20.3. The molecule has 0 bridgehead atoms. The van der Waals surface area contributed by atoms with Gasteiger partial charge in [-0.3, -0.25) is 25.1 Å². The van der Waals surface area contributed by atoms with Crippen LogP contribution < -0.4 is 25.4 Å². The second kappa shape index (κ2) is 18.6. The summed E-state index contributed by atoms with van der Waals surface area (Å²) < 4.78 is 25.1. The molecule has 7 atom stereocenters. The van der Waals surface area contributed by atoms with E-state index >= 15 is 0 Å². The standard InChI is InChI=1S/C44H43N7O13/c45-31-14-21(7-10-47-31)9-12-61-40-37(59)36(58)30(18-54)63-43(40)64-38-24(15-23-3-1-2-4-29(23)51-20-48-33-41(51)49-44(46)50-42(33)60)16-28-32(39(38)62-19-25(55)8-11-52)35(57)27-13-22(17-53)5-6-26(27)34(28)56/h1-7,10-11,13-14,16,25,30,36-37,40,43,53-55,58-59H,8-9,12,15,17-20H2,(H2,45,47)(H2,46,50,60)/p+1. The molecule has 8 rings (SSSR count). The molecule has 0 saturated carbocycles. The zero-order valence-electron chi connectivity index (χ0n) is 34.0. The summed E-state index contributed by atoms with van der Waals surface area (Å²) in [6.07, 6.45) is -7.39. The molecule has 4 aliphatic rings. The number of nitrogen functional groups attached to an aromatic ring is 1. The lowest BCUT2D eigenvalue weighted by Crippen LogP contribution is -3.09. The monoisotopic (exact) mass is 878 g/mol. The third kappa shape index (κ3) is 8.55. The fourth-order valence-corrected chi connectivity index (χ4v) is 8.06. The molecule has 1 fully saturated rings. The molecule has 64 heavy (non-hydrogen) atoms. The summed E-state index contributed by atoms with van der Waals surface area (Å²) in [4.78, 5) is 66.5. The lowest BCUT2D eigenvalue weighted by molar-refractivity contribution is -0.723. The summed E-state index contributed by atoms with van der Waals surface area (Å²) >= 11 is 0. The number of pyridine rings is 1. The Balaban J connectivity index is 1.28. The van der Waals surface area contributed by atoms with E-state index in [2.05, 4.69) is 20.3 Å². The number of aldehydes is 1. The fourth-order valence-electron chi connectivity index (χ4n) is 8.06. The van der Waals surface area contributed by atoms with Gasteiger partial charge in [0.05, 0.1) is 31.5 Å².